The first kappa shape index (κ1) is 9.60. The van der Waals surface area contributed by atoms with Gasteiger partial charge >= 0.3 is 5.82 Å². The zero-order valence-electron chi connectivity index (χ0n) is 6.44. The highest BCUT2D eigenvalue weighted by atomic mass is 35.5. The summed E-state index contributed by atoms with van der Waals surface area (Å²) in [5, 5.41) is 10.3. The topological polar surface area (TPSA) is 73.1 Å². The molecule has 1 heterocycles. The van der Waals surface area contributed by atoms with Gasteiger partial charge in [-0.05, 0) is 16.0 Å². The van der Waals surface area contributed by atoms with Crippen LogP contribution >= 0.6 is 11.6 Å². The molecule has 0 bridgehead atoms. The van der Waals surface area contributed by atoms with E-state index in [9.17, 15) is 14.9 Å². The predicted octanol–water partition coefficient (Wildman–Crippen LogP) is 1.54. The van der Waals surface area contributed by atoms with Crippen molar-refractivity contribution in [1.82, 2.24) is 4.98 Å². The lowest BCUT2D eigenvalue weighted by atomic mass is 10.2. The fraction of sp³-hybridized carbons (Fsp3) is 0.143. The van der Waals surface area contributed by atoms with Gasteiger partial charge in [0, 0.05) is 11.6 Å². The van der Waals surface area contributed by atoms with Crippen molar-refractivity contribution in [2.75, 3.05) is 0 Å². The molecule has 1 aromatic heterocycles. The van der Waals surface area contributed by atoms with E-state index < -0.39 is 4.92 Å². The molecule has 0 fully saturated rings. The molecular weight excluding hydrogens is 196 g/mol. The Morgan fingerprint density at radius 3 is 2.77 bits per heavy atom. The molecule has 1 rings (SSSR count). The molecule has 0 atom stereocenters. The van der Waals surface area contributed by atoms with Gasteiger partial charge in [0.1, 0.15) is 0 Å². The van der Waals surface area contributed by atoms with Crippen molar-refractivity contribution in [1.29, 1.82) is 0 Å². The molecule has 0 saturated heterocycles. The number of aromatic nitrogens is 1. The fourth-order valence-electron chi connectivity index (χ4n) is 0.825. The predicted molar refractivity (Wildman–Crippen MR) is 45.8 cm³/mol. The number of aldehydes is 1. The molecule has 0 aromatic carbocycles. The van der Waals surface area contributed by atoms with E-state index in [-0.39, 0.29) is 17.3 Å². The van der Waals surface area contributed by atoms with Crippen LogP contribution in [0.15, 0.2) is 12.1 Å². The van der Waals surface area contributed by atoms with Gasteiger partial charge in [0.05, 0.1) is 5.88 Å². The van der Waals surface area contributed by atoms with Crippen LogP contribution in [0.4, 0.5) is 5.82 Å². The van der Waals surface area contributed by atoms with Gasteiger partial charge in [-0.2, -0.15) is 0 Å². The molecule has 0 N–H and O–H groups in total. The molecule has 0 aliphatic rings. The summed E-state index contributed by atoms with van der Waals surface area (Å²) in [4.78, 5) is 23.6. The Kier molecular flexibility index (Phi) is 2.92. The number of alkyl halides is 1. The minimum atomic E-state index is -0.664. The van der Waals surface area contributed by atoms with Crippen LogP contribution in [-0.2, 0) is 5.88 Å². The standard InChI is InChI=1S/C7H5ClN2O3/c8-3-6-1-5(4-11)2-7(9-6)10(12)13/h1-2,4H,3H2. The molecule has 0 saturated carbocycles. The lowest BCUT2D eigenvalue weighted by Gasteiger charge is -1.94. The van der Waals surface area contributed by atoms with Crippen molar-refractivity contribution in [2.45, 2.75) is 5.88 Å². The van der Waals surface area contributed by atoms with E-state index in [4.69, 9.17) is 11.6 Å². The van der Waals surface area contributed by atoms with Gasteiger partial charge in [0.2, 0.25) is 0 Å². The molecule has 5 nitrogen and oxygen atoms in total. The Bertz CT molecular complexity index is 354. The van der Waals surface area contributed by atoms with E-state index in [2.05, 4.69) is 4.98 Å². The second-order valence-corrected chi connectivity index (χ2v) is 2.53. The Hall–Kier alpha value is -1.49. The number of rotatable bonds is 3. The summed E-state index contributed by atoms with van der Waals surface area (Å²) in [6.45, 7) is 0. The summed E-state index contributed by atoms with van der Waals surface area (Å²) >= 11 is 5.43. The van der Waals surface area contributed by atoms with Gasteiger partial charge in [-0.1, -0.05) is 0 Å². The second kappa shape index (κ2) is 3.95. The Morgan fingerprint density at radius 1 is 1.62 bits per heavy atom. The molecule has 68 valence electrons. The van der Waals surface area contributed by atoms with Gasteiger partial charge in [-0.15, -0.1) is 11.6 Å². The van der Waals surface area contributed by atoms with E-state index in [1.54, 1.807) is 0 Å². The summed E-state index contributed by atoms with van der Waals surface area (Å²) < 4.78 is 0. The number of carbonyl (C=O) groups is 1. The molecule has 0 aliphatic carbocycles. The Balaban J connectivity index is 3.22. The molecule has 6 heteroatoms. The van der Waals surface area contributed by atoms with Crippen LogP contribution in [0.1, 0.15) is 16.1 Å². The van der Waals surface area contributed by atoms with Gasteiger partial charge in [0.15, 0.2) is 12.0 Å². The molecule has 0 spiro atoms. The maximum atomic E-state index is 10.4. The average Bonchev–Trinajstić information content (AvgIpc) is 2.16. The van der Waals surface area contributed by atoms with Crippen LogP contribution in [-0.4, -0.2) is 16.2 Å². The largest absolute Gasteiger partial charge is 0.364 e. The molecule has 13 heavy (non-hydrogen) atoms. The number of carbonyl (C=O) groups excluding carboxylic acids is 1. The van der Waals surface area contributed by atoms with Gasteiger partial charge in [-0.3, -0.25) is 4.79 Å². The Morgan fingerprint density at radius 2 is 2.31 bits per heavy atom. The normalized spacial score (nSPS) is 9.62. The summed E-state index contributed by atoms with van der Waals surface area (Å²) in [7, 11) is 0. The van der Waals surface area contributed by atoms with Crippen LogP contribution in [0.5, 0.6) is 0 Å². The van der Waals surface area contributed by atoms with Gasteiger partial charge < -0.3 is 10.1 Å². The third-order valence-corrected chi connectivity index (χ3v) is 1.62. The zero-order chi connectivity index (χ0) is 9.84. The smallest absolute Gasteiger partial charge is 0.358 e. The maximum Gasteiger partial charge on any atom is 0.364 e. The van der Waals surface area contributed by atoms with Crippen molar-refractivity contribution >= 4 is 23.7 Å². The number of nitrogens with zero attached hydrogens (tertiary/aromatic N) is 2. The van der Waals surface area contributed by atoms with Crippen molar-refractivity contribution in [3.05, 3.63) is 33.5 Å². The monoisotopic (exact) mass is 200 g/mol. The van der Waals surface area contributed by atoms with E-state index in [0.29, 0.717) is 12.0 Å². The lowest BCUT2D eigenvalue weighted by molar-refractivity contribution is -0.389. The van der Waals surface area contributed by atoms with Gasteiger partial charge in [0.25, 0.3) is 0 Å². The number of halogens is 1. The van der Waals surface area contributed by atoms with E-state index >= 15 is 0 Å². The van der Waals surface area contributed by atoms with E-state index in [1.807, 2.05) is 0 Å². The molecule has 0 unspecified atom stereocenters. The zero-order valence-corrected chi connectivity index (χ0v) is 7.19. The first-order valence-electron chi connectivity index (χ1n) is 3.34. The number of hydrogen-bond acceptors (Lipinski definition) is 4. The van der Waals surface area contributed by atoms with Crippen molar-refractivity contribution in [3.8, 4) is 0 Å². The van der Waals surface area contributed by atoms with Gasteiger partial charge in [-0.25, -0.2) is 0 Å². The minimum Gasteiger partial charge on any atom is -0.358 e. The van der Waals surface area contributed by atoms with Crippen molar-refractivity contribution < 1.29 is 9.72 Å². The first-order valence-corrected chi connectivity index (χ1v) is 3.87. The van der Waals surface area contributed by atoms with Crippen LogP contribution in [0.2, 0.25) is 0 Å². The maximum absolute atomic E-state index is 10.4. The number of pyridine rings is 1. The average molecular weight is 201 g/mol. The van der Waals surface area contributed by atoms with Crippen LogP contribution in [0, 0.1) is 10.1 Å². The van der Waals surface area contributed by atoms with E-state index in [1.165, 1.54) is 6.07 Å². The quantitative estimate of drug-likeness (QED) is 0.321. The highest BCUT2D eigenvalue weighted by Crippen LogP contribution is 2.12. The van der Waals surface area contributed by atoms with Crippen LogP contribution < -0.4 is 0 Å². The lowest BCUT2D eigenvalue weighted by Crippen LogP contribution is -1.97. The Labute approximate surface area is 78.5 Å². The summed E-state index contributed by atoms with van der Waals surface area (Å²) in [5.74, 6) is -0.317. The number of nitro groups is 1. The third-order valence-electron chi connectivity index (χ3n) is 1.35. The summed E-state index contributed by atoms with van der Waals surface area (Å²) in [6, 6.07) is 2.51. The highest BCUT2D eigenvalue weighted by Gasteiger charge is 2.11. The third kappa shape index (κ3) is 2.22. The van der Waals surface area contributed by atoms with E-state index in [0.717, 1.165) is 6.07 Å². The molecule has 0 aliphatic heterocycles. The molecule has 1 aromatic rings. The fourth-order valence-corrected chi connectivity index (χ4v) is 0.962. The summed E-state index contributed by atoms with van der Waals surface area (Å²) in [5.41, 5.74) is 0.523. The van der Waals surface area contributed by atoms with Crippen molar-refractivity contribution in [2.24, 2.45) is 0 Å². The number of hydrogen-bond donors (Lipinski definition) is 0. The molecule has 0 amide bonds. The van der Waals surface area contributed by atoms with Crippen molar-refractivity contribution in [3.63, 3.8) is 0 Å². The molecule has 0 radical (unpaired) electrons. The minimum absolute atomic E-state index is 0.0442. The molecular formula is C7H5ClN2O3. The second-order valence-electron chi connectivity index (χ2n) is 2.26. The summed E-state index contributed by atoms with van der Waals surface area (Å²) in [6.07, 6.45) is 0.519. The first-order chi connectivity index (χ1) is 6.17. The highest BCUT2D eigenvalue weighted by molar-refractivity contribution is 6.16. The van der Waals surface area contributed by atoms with Crippen LogP contribution in [0.25, 0.3) is 0 Å². The SMILES string of the molecule is O=Cc1cc(CCl)nc([N+](=O)[O-])c1. The van der Waals surface area contributed by atoms with Crippen LogP contribution in [0.3, 0.4) is 0 Å².